The van der Waals surface area contributed by atoms with E-state index in [1.807, 2.05) is 0 Å². The van der Waals surface area contributed by atoms with Crippen molar-refractivity contribution in [3.8, 4) is 0 Å². The molecule has 0 aliphatic carbocycles. The van der Waals surface area contributed by atoms with E-state index >= 15 is 0 Å². The molecule has 0 unspecified atom stereocenters. The Bertz CT molecular complexity index is 247. The summed E-state index contributed by atoms with van der Waals surface area (Å²) in [5.74, 6) is -0.712. The fourth-order valence-corrected chi connectivity index (χ4v) is 0.642. The second-order valence-electron chi connectivity index (χ2n) is 3.85. The van der Waals surface area contributed by atoms with Gasteiger partial charge in [-0.2, -0.15) is 0 Å². The highest BCUT2D eigenvalue weighted by Gasteiger charge is 2.22. The summed E-state index contributed by atoms with van der Waals surface area (Å²) in [4.78, 5) is 22.9. The van der Waals surface area contributed by atoms with Crippen LogP contribution >= 0.6 is 12.6 Å². The van der Waals surface area contributed by atoms with Crippen molar-refractivity contribution in [1.82, 2.24) is 5.32 Å². The van der Waals surface area contributed by atoms with Crippen LogP contribution in [0.3, 0.4) is 0 Å². The number of carbonyl (C=O) groups is 2. The zero-order chi connectivity index (χ0) is 10.6. The Labute approximate surface area is 84.0 Å². The number of thiol groups is 1. The Morgan fingerprint density at radius 2 is 1.77 bits per heavy atom. The Balaban J connectivity index is 4.25. The lowest BCUT2D eigenvalue weighted by Gasteiger charge is -2.15. The predicted molar refractivity (Wildman–Crippen MR) is 55.3 cm³/mol. The van der Waals surface area contributed by atoms with Crippen LogP contribution in [0, 0.1) is 5.41 Å². The first-order chi connectivity index (χ1) is 5.73. The van der Waals surface area contributed by atoms with Gasteiger partial charge in [0.1, 0.15) is 0 Å². The standard InChI is InChI=1S/C9H15NO2S/c1-6(13)5-7(11)10-8(12)9(2,3)4/h5,13H,1-4H3,(H,10,11,12)/b6-5-. The van der Waals surface area contributed by atoms with Gasteiger partial charge in [-0.1, -0.05) is 20.8 Å². The average molecular weight is 201 g/mol. The molecule has 0 aromatic heterocycles. The van der Waals surface area contributed by atoms with Crippen molar-refractivity contribution in [3.05, 3.63) is 11.0 Å². The first-order valence-corrected chi connectivity index (χ1v) is 4.41. The van der Waals surface area contributed by atoms with E-state index < -0.39 is 11.3 Å². The van der Waals surface area contributed by atoms with Crippen LogP contribution in [0.25, 0.3) is 0 Å². The minimum atomic E-state index is -0.548. The lowest BCUT2D eigenvalue weighted by Crippen LogP contribution is -2.38. The first-order valence-electron chi connectivity index (χ1n) is 3.96. The van der Waals surface area contributed by atoms with Crippen molar-refractivity contribution >= 4 is 24.4 Å². The lowest BCUT2D eigenvalue weighted by molar-refractivity contribution is -0.133. The van der Waals surface area contributed by atoms with Gasteiger partial charge in [0.2, 0.25) is 5.91 Å². The number of hydrogen-bond acceptors (Lipinski definition) is 3. The molecular formula is C9H15NO2S. The normalized spacial score (nSPS) is 12.5. The predicted octanol–water partition coefficient (Wildman–Crippen LogP) is 1.51. The van der Waals surface area contributed by atoms with E-state index in [1.54, 1.807) is 27.7 Å². The monoisotopic (exact) mass is 201 g/mol. The maximum atomic E-state index is 11.3. The Morgan fingerprint density at radius 3 is 2.08 bits per heavy atom. The first kappa shape index (κ1) is 12.2. The van der Waals surface area contributed by atoms with E-state index in [0.29, 0.717) is 4.91 Å². The topological polar surface area (TPSA) is 46.2 Å². The van der Waals surface area contributed by atoms with E-state index in [-0.39, 0.29) is 5.91 Å². The molecule has 1 N–H and O–H groups in total. The van der Waals surface area contributed by atoms with Gasteiger partial charge in [-0.05, 0) is 11.8 Å². The molecular weight excluding hydrogens is 186 g/mol. The highest BCUT2D eigenvalue weighted by atomic mass is 32.1. The largest absolute Gasteiger partial charge is 0.292 e. The van der Waals surface area contributed by atoms with Gasteiger partial charge in [0, 0.05) is 11.5 Å². The molecule has 4 heteroatoms. The Hall–Kier alpha value is -0.770. The van der Waals surface area contributed by atoms with Crippen molar-refractivity contribution in [2.24, 2.45) is 5.41 Å². The van der Waals surface area contributed by atoms with Crippen molar-refractivity contribution in [2.75, 3.05) is 0 Å². The molecule has 0 saturated carbocycles. The summed E-state index contributed by atoms with van der Waals surface area (Å²) in [5, 5.41) is 2.25. The van der Waals surface area contributed by atoms with Crippen LogP contribution in [0.4, 0.5) is 0 Å². The van der Waals surface area contributed by atoms with Crippen molar-refractivity contribution < 1.29 is 9.59 Å². The van der Waals surface area contributed by atoms with Gasteiger partial charge in [-0.15, -0.1) is 12.6 Å². The minimum Gasteiger partial charge on any atom is -0.292 e. The molecule has 0 atom stereocenters. The molecule has 2 amide bonds. The summed E-state index contributed by atoms with van der Waals surface area (Å²) in [6, 6.07) is 0. The zero-order valence-electron chi connectivity index (χ0n) is 8.34. The second kappa shape index (κ2) is 4.46. The van der Waals surface area contributed by atoms with Crippen LogP contribution < -0.4 is 5.32 Å². The number of amides is 2. The van der Waals surface area contributed by atoms with Gasteiger partial charge in [-0.25, -0.2) is 0 Å². The third-order valence-corrected chi connectivity index (χ3v) is 1.39. The second-order valence-corrected chi connectivity index (χ2v) is 4.56. The van der Waals surface area contributed by atoms with Gasteiger partial charge in [-0.3, -0.25) is 14.9 Å². The molecule has 3 nitrogen and oxygen atoms in total. The van der Waals surface area contributed by atoms with Crippen molar-refractivity contribution in [3.63, 3.8) is 0 Å². The van der Waals surface area contributed by atoms with Gasteiger partial charge < -0.3 is 0 Å². The van der Waals surface area contributed by atoms with Crippen molar-refractivity contribution in [2.45, 2.75) is 27.7 Å². The summed E-state index contributed by atoms with van der Waals surface area (Å²) >= 11 is 3.92. The summed E-state index contributed by atoms with van der Waals surface area (Å²) in [6.45, 7) is 6.90. The average Bonchev–Trinajstić information content (AvgIpc) is 1.82. The minimum absolute atomic E-state index is 0.289. The molecule has 0 aliphatic rings. The van der Waals surface area contributed by atoms with E-state index in [0.717, 1.165) is 0 Å². The fourth-order valence-electron chi connectivity index (χ4n) is 0.525. The lowest BCUT2D eigenvalue weighted by atomic mass is 9.96. The maximum Gasteiger partial charge on any atom is 0.251 e. The summed E-state index contributed by atoms with van der Waals surface area (Å²) in [5.41, 5.74) is -0.548. The molecule has 0 rings (SSSR count). The van der Waals surface area contributed by atoms with Crippen LogP contribution in [-0.4, -0.2) is 11.8 Å². The zero-order valence-corrected chi connectivity index (χ0v) is 9.24. The molecule has 0 saturated heterocycles. The van der Waals surface area contributed by atoms with Gasteiger partial charge >= 0.3 is 0 Å². The molecule has 13 heavy (non-hydrogen) atoms. The van der Waals surface area contributed by atoms with Crippen LogP contribution in [-0.2, 0) is 9.59 Å². The molecule has 0 aliphatic heterocycles. The number of nitrogens with one attached hydrogen (secondary N) is 1. The Morgan fingerprint density at radius 1 is 1.31 bits per heavy atom. The quantitative estimate of drug-likeness (QED) is 0.499. The van der Waals surface area contributed by atoms with Crippen LogP contribution in [0.5, 0.6) is 0 Å². The molecule has 0 fully saturated rings. The van der Waals surface area contributed by atoms with Crippen LogP contribution in [0.1, 0.15) is 27.7 Å². The fraction of sp³-hybridized carbons (Fsp3) is 0.556. The molecule has 0 aromatic carbocycles. The highest BCUT2D eigenvalue weighted by Crippen LogP contribution is 2.12. The van der Waals surface area contributed by atoms with Gasteiger partial charge in [0.05, 0.1) is 0 Å². The van der Waals surface area contributed by atoms with E-state index in [1.165, 1.54) is 6.08 Å². The number of hydrogen-bond donors (Lipinski definition) is 2. The number of rotatable bonds is 1. The summed E-state index contributed by atoms with van der Waals surface area (Å²) in [6.07, 6.45) is 1.27. The molecule has 0 radical (unpaired) electrons. The van der Waals surface area contributed by atoms with Gasteiger partial charge in [0.15, 0.2) is 0 Å². The number of carbonyl (C=O) groups excluding carboxylic acids is 2. The smallest absolute Gasteiger partial charge is 0.251 e. The van der Waals surface area contributed by atoms with Gasteiger partial charge in [0.25, 0.3) is 5.91 Å². The van der Waals surface area contributed by atoms with E-state index in [9.17, 15) is 9.59 Å². The molecule has 0 spiro atoms. The summed E-state index contributed by atoms with van der Waals surface area (Å²) in [7, 11) is 0. The van der Waals surface area contributed by atoms with E-state index in [4.69, 9.17) is 0 Å². The number of allylic oxidation sites excluding steroid dienone is 1. The maximum absolute atomic E-state index is 11.3. The third kappa shape index (κ3) is 5.47. The Kier molecular flexibility index (Phi) is 4.20. The van der Waals surface area contributed by atoms with Crippen molar-refractivity contribution in [1.29, 1.82) is 0 Å². The van der Waals surface area contributed by atoms with E-state index in [2.05, 4.69) is 17.9 Å². The highest BCUT2D eigenvalue weighted by molar-refractivity contribution is 7.84. The van der Waals surface area contributed by atoms with Crippen LogP contribution in [0.15, 0.2) is 11.0 Å². The molecule has 74 valence electrons. The molecule has 0 heterocycles. The number of imide groups is 1. The molecule has 0 bridgehead atoms. The molecule has 0 aromatic rings. The summed E-state index contributed by atoms with van der Waals surface area (Å²) < 4.78 is 0. The third-order valence-electron chi connectivity index (χ3n) is 1.26. The van der Waals surface area contributed by atoms with Crippen LogP contribution in [0.2, 0.25) is 0 Å². The SMILES string of the molecule is C/C(S)=C/C(=O)NC(=O)C(C)(C)C.